The number of thiazole rings is 1. The van der Waals surface area contributed by atoms with E-state index in [0.29, 0.717) is 5.88 Å². The summed E-state index contributed by atoms with van der Waals surface area (Å²) in [4.78, 5) is 5.81. The third-order valence-electron chi connectivity index (χ3n) is 1.90. The monoisotopic (exact) mass is 321 g/mol. The molecule has 0 saturated heterocycles. The molecule has 0 amide bonds. The number of hydrogen-bond acceptors (Lipinski definition) is 3. The van der Waals surface area contributed by atoms with Crippen LogP contribution in [0.1, 0.15) is 12.1 Å². The minimum Gasteiger partial charge on any atom is -0.240 e. The van der Waals surface area contributed by atoms with Gasteiger partial charge in [0.15, 0.2) is 0 Å². The van der Waals surface area contributed by atoms with Gasteiger partial charge < -0.3 is 0 Å². The van der Waals surface area contributed by atoms with E-state index in [2.05, 4.69) is 37.7 Å². The van der Waals surface area contributed by atoms with Gasteiger partial charge in [-0.05, 0) is 34.8 Å². The molecule has 0 fully saturated rings. The summed E-state index contributed by atoms with van der Waals surface area (Å²) in [7, 11) is 0. The fraction of sp³-hybridized carbons (Fsp3) is 0.300. The molecule has 0 bridgehead atoms. The lowest BCUT2D eigenvalue weighted by Crippen LogP contribution is -1.85. The maximum absolute atomic E-state index is 5.65. The van der Waals surface area contributed by atoms with Crippen molar-refractivity contribution >= 4 is 50.2 Å². The summed E-state index contributed by atoms with van der Waals surface area (Å²) in [5, 5.41) is 5.31. The molecule has 0 aliphatic rings. The van der Waals surface area contributed by atoms with E-state index in [0.717, 1.165) is 28.0 Å². The summed E-state index contributed by atoms with van der Waals surface area (Å²) in [5.74, 6) is 0.706. The van der Waals surface area contributed by atoms with Crippen molar-refractivity contribution in [3.05, 3.63) is 27.0 Å². The van der Waals surface area contributed by atoms with Crippen molar-refractivity contribution in [3.8, 4) is 9.88 Å². The number of aryl methyl sites for hydroxylation is 1. The summed E-state index contributed by atoms with van der Waals surface area (Å²) in [6.07, 6.45) is 1.98. The number of hydrogen-bond donors (Lipinski definition) is 0. The molecule has 1 nitrogen and oxygen atoms in total. The Bertz CT molecular complexity index is 438. The van der Waals surface area contributed by atoms with Crippen molar-refractivity contribution in [2.24, 2.45) is 0 Å². The maximum Gasteiger partial charge on any atom is 0.133 e. The number of aromatic nitrogens is 1. The van der Waals surface area contributed by atoms with E-state index in [1.165, 1.54) is 4.88 Å². The summed E-state index contributed by atoms with van der Waals surface area (Å²) in [6.45, 7) is 0. The molecular formula is C10H9BrClNS2. The van der Waals surface area contributed by atoms with Crippen molar-refractivity contribution < 1.29 is 0 Å². The van der Waals surface area contributed by atoms with Crippen molar-refractivity contribution in [2.75, 3.05) is 5.88 Å². The third-order valence-corrected chi connectivity index (χ3v) is 4.92. The molecule has 0 radical (unpaired) electrons. The standard InChI is InChI=1S/C10H9BrClNS2/c11-7-4-9(14-5-7)10-13-8(6-15-10)2-1-3-12/h4-6H,1-3H2. The predicted octanol–water partition coefficient (Wildman–Crippen LogP) is 4.81. The molecule has 0 atom stereocenters. The van der Waals surface area contributed by atoms with Gasteiger partial charge in [0.1, 0.15) is 5.01 Å². The van der Waals surface area contributed by atoms with Crippen LogP contribution in [0.25, 0.3) is 9.88 Å². The number of halogens is 2. The molecule has 0 aliphatic heterocycles. The van der Waals surface area contributed by atoms with E-state index >= 15 is 0 Å². The Morgan fingerprint density at radius 2 is 2.20 bits per heavy atom. The molecule has 80 valence electrons. The second kappa shape index (κ2) is 5.43. The van der Waals surface area contributed by atoms with Gasteiger partial charge >= 0.3 is 0 Å². The van der Waals surface area contributed by atoms with Crippen LogP contribution in [0.5, 0.6) is 0 Å². The summed E-state index contributed by atoms with van der Waals surface area (Å²) < 4.78 is 1.13. The van der Waals surface area contributed by atoms with Crippen molar-refractivity contribution in [1.29, 1.82) is 0 Å². The molecule has 15 heavy (non-hydrogen) atoms. The summed E-state index contributed by atoms with van der Waals surface area (Å²) >= 11 is 12.5. The first-order valence-electron chi connectivity index (χ1n) is 4.54. The van der Waals surface area contributed by atoms with Crippen LogP contribution in [0.4, 0.5) is 0 Å². The maximum atomic E-state index is 5.65. The molecule has 2 heterocycles. The van der Waals surface area contributed by atoms with E-state index in [-0.39, 0.29) is 0 Å². The Balaban J connectivity index is 2.13. The Labute approximate surface area is 110 Å². The Morgan fingerprint density at radius 3 is 2.87 bits per heavy atom. The Hall–Kier alpha value is 0.1000. The first-order chi connectivity index (χ1) is 7.29. The van der Waals surface area contributed by atoms with Crippen LogP contribution in [0.2, 0.25) is 0 Å². The first-order valence-corrected chi connectivity index (χ1v) is 7.63. The molecule has 0 spiro atoms. The van der Waals surface area contributed by atoms with Crippen LogP contribution in [0.15, 0.2) is 21.3 Å². The largest absolute Gasteiger partial charge is 0.240 e. The normalized spacial score (nSPS) is 10.8. The lowest BCUT2D eigenvalue weighted by Gasteiger charge is -1.91. The highest BCUT2D eigenvalue weighted by atomic mass is 79.9. The van der Waals surface area contributed by atoms with Crippen LogP contribution in [0, 0.1) is 0 Å². The number of rotatable bonds is 4. The van der Waals surface area contributed by atoms with Crippen LogP contribution in [0.3, 0.4) is 0 Å². The lowest BCUT2D eigenvalue weighted by molar-refractivity contribution is 0.900. The average molecular weight is 323 g/mol. The predicted molar refractivity (Wildman–Crippen MR) is 72.2 cm³/mol. The second-order valence-electron chi connectivity index (χ2n) is 3.07. The zero-order valence-electron chi connectivity index (χ0n) is 7.87. The smallest absolute Gasteiger partial charge is 0.133 e. The number of nitrogens with zero attached hydrogens (tertiary/aromatic N) is 1. The highest BCUT2D eigenvalue weighted by Gasteiger charge is 2.06. The Morgan fingerprint density at radius 1 is 1.33 bits per heavy atom. The van der Waals surface area contributed by atoms with Crippen LogP contribution in [-0.4, -0.2) is 10.9 Å². The quantitative estimate of drug-likeness (QED) is 0.736. The number of thiophene rings is 1. The number of alkyl halides is 1. The van der Waals surface area contributed by atoms with Gasteiger partial charge in [-0.1, -0.05) is 0 Å². The van der Waals surface area contributed by atoms with Gasteiger partial charge in [0.05, 0.1) is 10.6 Å². The molecular weight excluding hydrogens is 314 g/mol. The van der Waals surface area contributed by atoms with E-state index in [9.17, 15) is 0 Å². The van der Waals surface area contributed by atoms with Gasteiger partial charge in [0.2, 0.25) is 0 Å². The fourth-order valence-corrected chi connectivity index (χ4v) is 3.70. The molecule has 0 unspecified atom stereocenters. The Kier molecular flexibility index (Phi) is 4.20. The SMILES string of the molecule is ClCCCc1csc(-c2cc(Br)cs2)n1. The molecule has 0 saturated carbocycles. The van der Waals surface area contributed by atoms with Gasteiger partial charge in [0, 0.05) is 21.1 Å². The average Bonchev–Trinajstić information content (AvgIpc) is 2.83. The molecule has 0 aliphatic carbocycles. The van der Waals surface area contributed by atoms with E-state index in [1.807, 2.05) is 0 Å². The minimum absolute atomic E-state index is 0.706. The van der Waals surface area contributed by atoms with Crippen LogP contribution < -0.4 is 0 Å². The topological polar surface area (TPSA) is 12.9 Å². The van der Waals surface area contributed by atoms with E-state index in [4.69, 9.17) is 11.6 Å². The minimum atomic E-state index is 0.706. The van der Waals surface area contributed by atoms with E-state index in [1.54, 1.807) is 22.7 Å². The fourth-order valence-electron chi connectivity index (χ4n) is 1.21. The van der Waals surface area contributed by atoms with Crippen molar-refractivity contribution in [2.45, 2.75) is 12.8 Å². The van der Waals surface area contributed by atoms with Gasteiger partial charge in [-0.2, -0.15) is 0 Å². The molecule has 2 aromatic heterocycles. The third kappa shape index (κ3) is 3.03. The van der Waals surface area contributed by atoms with Crippen LogP contribution >= 0.6 is 50.2 Å². The zero-order valence-corrected chi connectivity index (χ0v) is 11.8. The molecule has 5 heteroatoms. The van der Waals surface area contributed by atoms with Gasteiger partial charge in [-0.3, -0.25) is 0 Å². The van der Waals surface area contributed by atoms with Gasteiger partial charge in [-0.25, -0.2) is 4.98 Å². The zero-order chi connectivity index (χ0) is 10.7. The van der Waals surface area contributed by atoms with E-state index < -0.39 is 0 Å². The van der Waals surface area contributed by atoms with Crippen molar-refractivity contribution in [3.63, 3.8) is 0 Å². The highest BCUT2D eigenvalue weighted by molar-refractivity contribution is 9.10. The lowest BCUT2D eigenvalue weighted by atomic mass is 10.3. The van der Waals surface area contributed by atoms with Crippen molar-refractivity contribution in [1.82, 2.24) is 4.98 Å². The highest BCUT2D eigenvalue weighted by Crippen LogP contribution is 2.32. The summed E-state index contributed by atoms with van der Waals surface area (Å²) in [6, 6.07) is 2.11. The van der Waals surface area contributed by atoms with Crippen LogP contribution in [-0.2, 0) is 6.42 Å². The van der Waals surface area contributed by atoms with Gasteiger partial charge in [-0.15, -0.1) is 34.3 Å². The second-order valence-corrected chi connectivity index (χ2v) is 6.13. The summed E-state index contributed by atoms with van der Waals surface area (Å²) in [5.41, 5.74) is 1.15. The molecule has 0 N–H and O–H groups in total. The molecule has 2 aromatic rings. The molecule has 0 aromatic carbocycles. The first kappa shape index (κ1) is 11.6. The molecule has 2 rings (SSSR count). The van der Waals surface area contributed by atoms with Gasteiger partial charge in [0.25, 0.3) is 0 Å².